The highest BCUT2D eigenvalue weighted by atomic mass is 19.4. The van der Waals surface area contributed by atoms with Crippen LogP contribution in [0.15, 0.2) is 24.3 Å². The zero-order valence-corrected chi connectivity index (χ0v) is 13.1. The van der Waals surface area contributed by atoms with Crippen LogP contribution in [0.2, 0.25) is 0 Å². The number of rotatable bonds is 1. The normalized spacial score (nSPS) is 25.8. The maximum absolute atomic E-state index is 13.0. The number of halogens is 3. The molecule has 0 spiro atoms. The molecule has 1 fully saturated rings. The molecule has 0 amide bonds. The Balaban J connectivity index is 1.90. The number of nitrogens with zero attached hydrogens (tertiary/aromatic N) is 1. The standard InChI is InChI=1S/C18H18F3NO2/c1-9-7-10-5-6-13(9)15-14(10)16(23)22(17(15)24)12-4-2-3-11(8-12)18(19,20)21/h2-4,8-10,13,23-24H,5-7H2,1H3/t9-,10-,13+/m1/s1. The minimum absolute atomic E-state index is 0.122. The van der Waals surface area contributed by atoms with Gasteiger partial charge in [0.1, 0.15) is 0 Å². The molecule has 2 N–H and O–H groups in total. The van der Waals surface area contributed by atoms with Crippen molar-refractivity contribution in [3.63, 3.8) is 0 Å². The van der Waals surface area contributed by atoms with Crippen LogP contribution in [0.4, 0.5) is 13.2 Å². The van der Waals surface area contributed by atoms with E-state index in [0.29, 0.717) is 5.92 Å². The fraction of sp³-hybridized carbons (Fsp3) is 0.444. The minimum atomic E-state index is -4.47. The highest BCUT2D eigenvalue weighted by Gasteiger charge is 2.44. The summed E-state index contributed by atoms with van der Waals surface area (Å²) >= 11 is 0. The molecular weight excluding hydrogens is 319 g/mol. The van der Waals surface area contributed by atoms with E-state index in [4.69, 9.17) is 0 Å². The number of aromatic nitrogens is 1. The lowest BCUT2D eigenvalue weighted by Gasteiger charge is -2.40. The highest BCUT2D eigenvalue weighted by molar-refractivity contribution is 5.58. The summed E-state index contributed by atoms with van der Waals surface area (Å²) in [6.45, 7) is 2.12. The first-order valence-corrected chi connectivity index (χ1v) is 8.13. The van der Waals surface area contributed by atoms with Crippen molar-refractivity contribution in [1.29, 1.82) is 0 Å². The van der Waals surface area contributed by atoms with Crippen LogP contribution in [-0.2, 0) is 6.18 Å². The Hall–Kier alpha value is -2.11. The summed E-state index contributed by atoms with van der Waals surface area (Å²) in [7, 11) is 0. The first-order chi connectivity index (χ1) is 11.3. The van der Waals surface area contributed by atoms with Crippen LogP contribution in [-0.4, -0.2) is 14.8 Å². The van der Waals surface area contributed by atoms with Crippen LogP contribution in [0.5, 0.6) is 11.8 Å². The number of hydrogen-bond donors (Lipinski definition) is 2. The lowest BCUT2D eigenvalue weighted by atomic mass is 9.63. The van der Waals surface area contributed by atoms with E-state index >= 15 is 0 Å². The van der Waals surface area contributed by atoms with Crippen molar-refractivity contribution in [2.75, 3.05) is 0 Å². The zero-order valence-electron chi connectivity index (χ0n) is 13.1. The molecule has 6 heteroatoms. The predicted molar refractivity (Wildman–Crippen MR) is 82.6 cm³/mol. The van der Waals surface area contributed by atoms with Crippen molar-refractivity contribution in [3.8, 4) is 17.4 Å². The number of hydrogen-bond acceptors (Lipinski definition) is 2. The molecule has 1 aromatic heterocycles. The largest absolute Gasteiger partial charge is 0.494 e. The van der Waals surface area contributed by atoms with Crippen molar-refractivity contribution in [1.82, 2.24) is 4.57 Å². The molecule has 0 unspecified atom stereocenters. The van der Waals surface area contributed by atoms with E-state index in [1.165, 1.54) is 12.1 Å². The second-order valence-electron chi connectivity index (χ2n) is 6.95. The van der Waals surface area contributed by atoms with Crippen molar-refractivity contribution >= 4 is 0 Å². The first-order valence-electron chi connectivity index (χ1n) is 8.13. The molecule has 3 aliphatic rings. The average molecular weight is 337 g/mol. The van der Waals surface area contributed by atoms with E-state index in [9.17, 15) is 23.4 Å². The summed E-state index contributed by atoms with van der Waals surface area (Å²) in [5.41, 5.74) is 0.766. The molecule has 2 bridgehead atoms. The van der Waals surface area contributed by atoms with E-state index in [1.807, 2.05) is 0 Å². The molecule has 3 nitrogen and oxygen atoms in total. The molecule has 1 heterocycles. The van der Waals surface area contributed by atoms with Gasteiger partial charge in [-0.15, -0.1) is 0 Å². The van der Waals surface area contributed by atoms with Crippen LogP contribution < -0.4 is 0 Å². The summed E-state index contributed by atoms with van der Waals surface area (Å²) in [5, 5.41) is 21.3. The van der Waals surface area contributed by atoms with Crippen LogP contribution in [0, 0.1) is 5.92 Å². The van der Waals surface area contributed by atoms with E-state index in [2.05, 4.69) is 6.92 Å². The van der Waals surface area contributed by atoms with Gasteiger partial charge in [0.15, 0.2) is 0 Å². The highest BCUT2D eigenvalue weighted by Crippen LogP contribution is 2.59. The lowest BCUT2D eigenvalue weighted by Crippen LogP contribution is -2.27. The fourth-order valence-corrected chi connectivity index (χ4v) is 4.50. The first kappa shape index (κ1) is 15.4. The van der Waals surface area contributed by atoms with Gasteiger partial charge in [-0.1, -0.05) is 13.0 Å². The number of alkyl halides is 3. The summed E-state index contributed by atoms with van der Waals surface area (Å²) < 4.78 is 40.0. The smallest absolute Gasteiger partial charge is 0.416 e. The Bertz CT molecular complexity index is 809. The zero-order chi connectivity index (χ0) is 17.2. The van der Waals surface area contributed by atoms with Gasteiger partial charge in [-0.2, -0.15) is 13.2 Å². The summed E-state index contributed by atoms with van der Waals surface area (Å²) in [6, 6.07) is 4.68. The summed E-state index contributed by atoms with van der Waals surface area (Å²) in [6.07, 6.45) is -1.64. The van der Waals surface area contributed by atoms with Gasteiger partial charge in [0, 0.05) is 11.1 Å². The predicted octanol–water partition coefficient (Wildman–Crippen LogP) is 4.91. The molecule has 1 aromatic carbocycles. The van der Waals surface area contributed by atoms with Crippen molar-refractivity contribution in [3.05, 3.63) is 41.0 Å². The van der Waals surface area contributed by atoms with Crippen LogP contribution in [0.1, 0.15) is 54.7 Å². The molecular formula is C18H18F3NO2. The molecule has 0 radical (unpaired) electrons. The molecule has 24 heavy (non-hydrogen) atoms. The molecule has 3 aliphatic carbocycles. The van der Waals surface area contributed by atoms with Gasteiger partial charge in [-0.25, -0.2) is 0 Å². The molecule has 2 aromatic rings. The van der Waals surface area contributed by atoms with Gasteiger partial charge < -0.3 is 10.2 Å². The topological polar surface area (TPSA) is 45.4 Å². The Kier molecular flexibility index (Phi) is 3.18. The third kappa shape index (κ3) is 2.05. The summed E-state index contributed by atoms with van der Waals surface area (Å²) in [4.78, 5) is 0. The molecule has 128 valence electrons. The van der Waals surface area contributed by atoms with Crippen LogP contribution in [0.3, 0.4) is 0 Å². The second-order valence-corrected chi connectivity index (χ2v) is 6.95. The van der Waals surface area contributed by atoms with E-state index in [1.54, 1.807) is 0 Å². The molecule has 0 saturated heterocycles. The maximum atomic E-state index is 13.0. The third-order valence-electron chi connectivity index (χ3n) is 5.58. The average Bonchev–Trinajstić information content (AvgIpc) is 2.80. The van der Waals surface area contributed by atoms with E-state index < -0.39 is 11.7 Å². The van der Waals surface area contributed by atoms with Gasteiger partial charge in [-0.05, 0) is 55.2 Å². The lowest BCUT2D eigenvalue weighted by molar-refractivity contribution is -0.137. The van der Waals surface area contributed by atoms with E-state index in [-0.39, 0.29) is 29.3 Å². The quantitative estimate of drug-likeness (QED) is 0.777. The summed E-state index contributed by atoms with van der Waals surface area (Å²) in [5.74, 6) is 0.478. The van der Waals surface area contributed by atoms with Crippen molar-refractivity contribution < 1.29 is 23.4 Å². The Labute approximate surface area is 137 Å². The van der Waals surface area contributed by atoms with Gasteiger partial charge in [-0.3, -0.25) is 4.57 Å². The number of fused-ring (bicyclic) bond motifs is 2. The monoisotopic (exact) mass is 337 g/mol. The molecule has 5 rings (SSSR count). The van der Waals surface area contributed by atoms with Crippen LogP contribution >= 0.6 is 0 Å². The Morgan fingerprint density at radius 1 is 1.08 bits per heavy atom. The fourth-order valence-electron chi connectivity index (χ4n) is 4.50. The van der Waals surface area contributed by atoms with Gasteiger partial charge >= 0.3 is 6.18 Å². The molecule has 1 saturated carbocycles. The van der Waals surface area contributed by atoms with Gasteiger partial charge in [0.05, 0.1) is 11.3 Å². The SMILES string of the molecule is C[C@@H]1C[C@H]2CC[C@@H]1c1c2c(O)n(-c2cccc(C(F)(F)F)c2)c1O. The van der Waals surface area contributed by atoms with Gasteiger partial charge in [0.25, 0.3) is 0 Å². The second kappa shape index (κ2) is 4.94. The minimum Gasteiger partial charge on any atom is -0.494 e. The number of benzene rings is 1. The van der Waals surface area contributed by atoms with Crippen molar-refractivity contribution in [2.24, 2.45) is 5.92 Å². The molecule has 3 atom stereocenters. The maximum Gasteiger partial charge on any atom is 0.416 e. The van der Waals surface area contributed by atoms with Crippen molar-refractivity contribution in [2.45, 2.75) is 44.2 Å². The number of aromatic hydroxyl groups is 2. The van der Waals surface area contributed by atoms with Crippen LogP contribution in [0.25, 0.3) is 5.69 Å². The van der Waals surface area contributed by atoms with Gasteiger partial charge in [0.2, 0.25) is 11.8 Å². The Morgan fingerprint density at radius 3 is 2.46 bits per heavy atom. The third-order valence-corrected chi connectivity index (χ3v) is 5.58. The van der Waals surface area contributed by atoms with E-state index in [0.717, 1.165) is 47.1 Å². The Morgan fingerprint density at radius 2 is 1.79 bits per heavy atom. The molecule has 0 aliphatic heterocycles.